The number of hydrogen-bond acceptors (Lipinski definition) is 4. The number of aryl methyl sites for hydroxylation is 1. The molecule has 0 bridgehead atoms. The van der Waals surface area contributed by atoms with Crippen molar-refractivity contribution in [3.63, 3.8) is 0 Å². The van der Waals surface area contributed by atoms with Crippen molar-refractivity contribution in [2.24, 2.45) is 0 Å². The molecule has 5 heteroatoms. The van der Waals surface area contributed by atoms with Crippen molar-refractivity contribution in [1.82, 2.24) is 10.5 Å². The van der Waals surface area contributed by atoms with Crippen molar-refractivity contribution in [2.75, 3.05) is 0 Å². The van der Waals surface area contributed by atoms with Crippen molar-refractivity contribution in [1.29, 1.82) is 5.26 Å². The zero-order chi connectivity index (χ0) is 15.5. The van der Waals surface area contributed by atoms with Crippen LogP contribution in [0.5, 0.6) is 0 Å². The average Bonchev–Trinajstić information content (AvgIpc) is 2.98. The monoisotopic (exact) mass is 283 g/mol. The Labute approximate surface area is 123 Å². The van der Waals surface area contributed by atoms with Gasteiger partial charge in [0.05, 0.1) is 6.07 Å². The molecule has 1 aromatic carbocycles. The van der Waals surface area contributed by atoms with E-state index in [1.165, 1.54) is 0 Å². The predicted molar refractivity (Wildman–Crippen MR) is 78.5 cm³/mol. The number of nitriles is 1. The number of carbonyl (C=O) groups is 1. The summed E-state index contributed by atoms with van der Waals surface area (Å²) < 4.78 is 5.20. The zero-order valence-corrected chi connectivity index (χ0v) is 12.3. The third-order valence-electron chi connectivity index (χ3n) is 3.42. The largest absolute Gasteiger partial charge is 0.355 e. The Bertz CT molecular complexity index is 682. The first-order chi connectivity index (χ1) is 9.97. The van der Waals surface area contributed by atoms with Gasteiger partial charge in [-0.25, -0.2) is 0 Å². The molecule has 0 fully saturated rings. The second-order valence-corrected chi connectivity index (χ2v) is 5.19. The molecule has 0 aliphatic heterocycles. The molecule has 1 heterocycles. The molecule has 1 amide bonds. The van der Waals surface area contributed by atoms with E-state index in [1.807, 2.05) is 38.1 Å². The summed E-state index contributed by atoms with van der Waals surface area (Å²) in [4.78, 5) is 12.1. The molecule has 0 unspecified atom stereocenters. The fourth-order valence-corrected chi connectivity index (χ4v) is 1.75. The molecular weight excluding hydrogens is 266 g/mol. The summed E-state index contributed by atoms with van der Waals surface area (Å²) in [5, 5.41) is 15.5. The van der Waals surface area contributed by atoms with Gasteiger partial charge in [0.15, 0.2) is 11.5 Å². The lowest BCUT2D eigenvalue weighted by molar-refractivity contribution is 0.0914. The maximum atomic E-state index is 12.1. The van der Waals surface area contributed by atoms with Gasteiger partial charge in [-0.1, -0.05) is 41.9 Å². The third kappa shape index (κ3) is 3.29. The number of hydrogen-bond donors (Lipinski definition) is 1. The van der Waals surface area contributed by atoms with Crippen LogP contribution >= 0.6 is 0 Å². The van der Waals surface area contributed by atoms with E-state index in [2.05, 4.69) is 16.5 Å². The van der Waals surface area contributed by atoms with E-state index in [-0.39, 0.29) is 5.69 Å². The number of nitrogens with one attached hydrogen (secondary N) is 1. The molecule has 108 valence electrons. The molecule has 2 rings (SSSR count). The molecule has 21 heavy (non-hydrogen) atoms. The topological polar surface area (TPSA) is 78.9 Å². The van der Waals surface area contributed by atoms with E-state index >= 15 is 0 Å². The quantitative estimate of drug-likeness (QED) is 0.935. The number of carbonyl (C=O) groups excluding carboxylic acids is 1. The van der Waals surface area contributed by atoms with Crippen LogP contribution in [0.4, 0.5) is 0 Å². The zero-order valence-electron chi connectivity index (χ0n) is 12.3. The molecule has 1 aromatic heterocycles. The van der Waals surface area contributed by atoms with E-state index in [0.29, 0.717) is 12.2 Å². The highest BCUT2D eigenvalue weighted by Crippen LogP contribution is 2.21. The highest BCUT2D eigenvalue weighted by Gasteiger charge is 2.26. The van der Waals surface area contributed by atoms with E-state index in [4.69, 9.17) is 9.78 Å². The van der Waals surface area contributed by atoms with Gasteiger partial charge in [-0.15, -0.1) is 0 Å². The molecule has 2 aromatic rings. The van der Waals surface area contributed by atoms with Gasteiger partial charge in [0.2, 0.25) is 0 Å². The molecule has 1 atom stereocenters. The number of aromatic nitrogens is 1. The SMILES string of the molecule is CC[C@@](C)(C#N)NC(=O)c1cc(-c2ccc(C)cc2)on1. The molecular formula is C16H17N3O2. The van der Waals surface area contributed by atoms with Crippen LogP contribution in [-0.4, -0.2) is 16.6 Å². The first-order valence-electron chi connectivity index (χ1n) is 6.75. The van der Waals surface area contributed by atoms with Crippen LogP contribution in [-0.2, 0) is 0 Å². The van der Waals surface area contributed by atoms with Crippen molar-refractivity contribution >= 4 is 5.91 Å². The van der Waals surface area contributed by atoms with Gasteiger partial charge in [-0.05, 0) is 20.3 Å². The Balaban J connectivity index is 2.18. The molecule has 0 saturated carbocycles. The van der Waals surface area contributed by atoms with E-state index in [1.54, 1.807) is 13.0 Å². The Kier molecular flexibility index (Phi) is 4.08. The van der Waals surface area contributed by atoms with Crippen LogP contribution in [0.1, 0.15) is 36.3 Å². The Morgan fingerprint density at radius 2 is 2.10 bits per heavy atom. The Morgan fingerprint density at radius 1 is 1.43 bits per heavy atom. The Morgan fingerprint density at radius 3 is 2.67 bits per heavy atom. The van der Waals surface area contributed by atoms with Crippen molar-refractivity contribution in [3.05, 3.63) is 41.6 Å². The summed E-state index contributed by atoms with van der Waals surface area (Å²) in [6.07, 6.45) is 0.512. The van der Waals surface area contributed by atoms with Crippen LogP contribution in [0.25, 0.3) is 11.3 Å². The number of benzene rings is 1. The first-order valence-corrected chi connectivity index (χ1v) is 6.75. The minimum Gasteiger partial charge on any atom is -0.355 e. The standard InChI is InChI=1S/C16H17N3O2/c1-4-16(3,10-17)18-15(20)13-9-14(21-19-13)12-7-5-11(2)6-8-12/h5-9H,4H2,1-3H3,(H,18,20)/t16-/m0/s1. The van der Waals surface area contributed by atoms with Gasteiger partial charge in [-0.3, -0.25) is 4.79 Å². The maximum Gasteiger partial charge on any atom is 0.274 e. The van der Waals surface area contributed by atoms with Crippen LogP contribution in [0.3, 0.4) is 0 Å². The smallest absolute Gasteiger partial charge is 0.274 e. The lowest BCUT2D eigenvalue weighted by Gasteiger charge is -2.20. The molecule has 0 radical (unpaired) electrons. The van der Waals surface area contributed by atoms with Crippen LogP contribution in [0.15, 0.2) is 34.9 Å². The van der Waals surface area contributed by atoms with Crippen molar-refractivity contribution in [2.45, 2.75) is 32.7 Å². The number of amides is 1. The van der Waals surface area contributed by atoms with Gasteiger partial charge in [0, 0.05) is 11.6 Å². The summed E-state index contributed by atoms with van der Waals surface area (Å²) in [5.41, 5.74) is 1.26. The molecule has 0 saturated heterocycles. The summed E-state index contributed by atoms with van der Waals surface area (Å²) in [5.74, 6) is 0.110. The predicted octanol–water partition coefficient (Wildman–Crippen LogP) is 3.07. The summed E-state index contributed by atoms with van der Waals surface area (Å²) >= 11 is 0. The summed E-state index contributed by atoms with van der Waals surface area (Å²) in [6.45, 7) is 5.51. The highest BCUT2D eigenvalue weighted by atomic mass is 16.5. The van der Waals surface area contributed by atoms with Gasteiger partial charge < -0.3 is 9.84 Å². The fourth-order valence-electron chi connectivity index (χ4n) is 1.75. The van der Waals surface area contributed by atoms with Gasteiger partial charge in [0.1, 0.15) is 5.54 Å². The van der Waals surface area contributed by atoms with Crippen LogP contribution in [0, 0.1) is 18.3 Å². The summed E-state index contributed by atoms with van der Waals surface area (Å²) in [6, 6.07) is 11.4. The normalized spacial score (nSPS) is 13.2. The molecule has 0 spiro atoms. The molecule has 0 aliphatic rings. The van der Waals surface area contributed by atoms with Crippen molar-refractivity contribution in [3.8, 4) is 17.4 Å². The lowest BCUT2D eigenvalue weighted by atomic mass is 10.0. The van der Waals surface area contributed by atoms with E-state index in [0.717, 1.165) is 11.1 Å². The van der Waals surface area contributed by atoms with E-state index in [9.17, 15) is 4.79 Å². The van der Waals surface area contributed by atoms with Gasteiger partial charge in [-0.2, -0.15) is 5.26 Å². The fraction of sp³-hybridized carbons (Fsp3) is 0.312. The third-order valence-corrected chi connectivity index (χ3v) is 3.42. The minimum absolute atomic E-state index is 0.167. The second kappa shape index (κ2) is 5.80. The minimum atomic E-state index is -0.903. The van der Waals surface area contributed by atoms with Crippen LogP contribution < -0.4 is 5.32 Å². The molecule has 1 N–H and O–H groups in total. The van der Waals surface area contributed by atoms with Gasteiger partial charge in [0.25, 0.3) is 5.91 Å². The number of rotatable bonds is 4. The van der Waals surface area contributed by atoms with Crippen LogP contribution in [0.2, 0.25) is 0 Å². The molecule has 0 aliphatic carbocycles. The molecule has 5 nitrogen and oxygen atoms in total. The lowest BCUT2D eigenvalue weighted by Crippen LogP contribution is -2.44. The number of nitrogens with zero attached hydrogens (tertiary/aromatic N) is 2. The van der Waals surface area contributed by atoms with E-state index < -0.39 is 11.4 Å². The second-order valence-electron chi connectivity index (χ2n) is 5.19. The first kappa shape index (κ1) is 14.8. The van der Waals surface area contributed by atoms with Crippen molar-refractivity contribution < 1.29 is 9.32 Å². The average molecular weight is 283 g/mol. The highest BCUT2D eigenvalue weighted by molar-refractivity contribution is 5.93. The summed E-state index contributed by atoms with van der Waals surface area (Å²) in [7, 11) is 0. The van der Waals surface area contributed by atoms with Gasteiger partial charge >= 0.3 is 0 Å². The maximum absolute atomic E-state index is 12.1. The Hall–Kier alpha value is -2.61.